The number of nitrogens with zero attached hydrogens (tertiary/aromatic N) is 2. The fourth-order valence-corrected chi connectivity index (χ4v) is 4.56. The van der Waals surface area contributed by atoms with E-state index in [2.05, 4.69) is 21.2 Å². The summed E-state index contributed by atoms with van der Waals surface area (Å²) in [5.74, 6) is 0.384. The summed E-state index contributed by atoms with van der Waals surface area (Å²) in [5, 5.41) is 3.61. The lowest BCUT2D eigenvalue weighted by atomic mass is 10.0. The summed E-state index contributed by atoms with van der Waals surface area (Å²) in [6, 6.07) is 12.2. The molecule has 168 valence electrons. The van der Waals surface area contributed by atoms with Crippen LogP contribution in [0, 0.1) is 5.92 Å². The molecule has 0 saturated carbocycles. The van der Waals surface area contributed by atoms with Gasteiger partial charge in [0.15, 0.2) is 5.17 Å². The van der Waals surface area contributed by atoms with E-state index in [-0.39, 0.29) is 23.5 Å². The van der Waals surface area contributed by atoms with Gasteiger partial charge < -0.3 is 14.8 Å². The van der Waals surface area contributed by atoms with Crippen LogP contribution in [0.1, 0.15) is 0 Å². The Balaban J connectivity index is 1.55. The topological polar surface area (TPSA) is 104 Å². The van der Waals surface area contributed by atoms with Gasteiger partial charge in [-0.05, 0) is 30.3 Å². The van der Waals surface area contributed by atoms with Crippen molar-refractivity contribution in [1.29, 1.82) is 0 Å². The number of hydrogen-bond acceptors (Lipinski definition) is 8. The third kappa shape index (κ3) is 4.53. The van der Waals surface area contributed by atoms with E-state index in [0.717, 1.165) is 0 Å². The van der Waals surface area contributed by atoms with E-state index in [1.54, 1.807) is 37.4 Å². The number of hydrazine groups is 1. The summed E-state index contributed by atoms with van der Waals surface area (Å²) in [4.78, 5) is 32.0. The third-order valence-electron chi connectivity index (χ3n) is 5.04. The summed E-state index contributed by atoms with van der Waals surface area (Å²) in [6.45, 7) is 0.458. The number of hydrogen-bond donors (Lipinski definition) is 3. The van der Waals surface area contributed by atoms with Crippen LogP contribution in [-0.2, 0) is 9.59 Å². The molecule has 2 aromatic rings. The third-order valence-corrected chi connectivity index (χ3v) is 6.29. The van der Waals surface area contributed by atoms with Crippen LogP contribution in [0.5, 0.6) is 11.5 Å². The van der Waals surface area contributed by atoms with Gasteiger partial charge in [0.05, 0.1) is 42.3 Å². The highest BCUT2D eigenvalue weighted by atomic mass is 35.5. The van der Waals surface area contributed by atoms with Crippen LogP contribution < -0.4 is 30.5 Å². The number of para-hydroxylation sites is 2. The van der Waals surface area contributed by atoms with Gasteiger partial charge in [-0.3, -0.25) is 19.9 Å². The predicted octanol–water partition coefficient (Wildman–Crippen LogP) is 2.48. The van der Waals surface area contributed by atoms with Crippen molar-refractivity contribution in [2.24, 2.45) is 10.9 Å². The number of rotatable bonds is 6. The van der Waals surface area contributed by atoms with Gasteiger partial charge >= 0.3 is 0 Å². The van der Waals surface area contributed by atoms with Gasteiger partial charge in [-0.2, -0.15) is 0 Å². The van der Waals surface area contributed by atoms with E-state index in [1.807, 2.05) is 12.1 Å². The molecule has 2 amide bonds. The Morgan fingerprint density at radius 2 is 2.03 bits per heavy atom. The second-order valence-corrected chi connectivity index (χ2v) is 8.37. The summed E-state index contributed by atoms with van der Waals surface area (Å²) in [6.07, 6.45) is -0.396. The molecule has 0 bridgehead atoms. The average Bonchev–Trinajstić information content (AvgIpc) is 3.27. The summed E-state index contributed by atoms with van der Waals surface area (Å²) in [7, 11) is 3.06. The number of nitrogens with one attached hydrogen (secondary N) is 3. The number of amides is 2. The van der Waals surface area contributed by atoms with Gasteiger partial charge in [0.2, 0.25) is 11.8 Å². The summed E-state index contributed by atoms with van der Waals surface area (Å²) >= 11 is 7.46. The molecular formula is C21H22ClN5O4S. The van der Waals surface area contributed by atoms with Gasteiger partial charge in [0, 0.05) is 6.54 Å². The predicted molar refractivity (Wildman–Crippen MR) is 125 cm³/mol. The van der Waals surface area contributed by atoms with Crippen molar-refractivity contribution < 1.29 is 19.1 Å². The average molecular weight is 476 g/mol. The molecular weight excluding hydrogens is 454 g/mol. The molecule has 2 aromatic carbocycles. The van der Waals surface area contributed by atoms with E-state index in [4.69, 9.17) is 21.1 Å². The van der Waals surface area contributed by atoms with E-state index < -0.39 is 6.17 Å². The molecule has 0 aliphatic carbocycles. The highest BCUT2D eigenvalue weighted by Crippen LogP contribution is 2.34. The molecule has 1 fully saturated rings. The summed E-state index contributed by atoms with van der Waals surface area (Å²) in [5.41, 5.74) is 7.11. The number of carbonyl (C=O) groups is 2. The number of anilines is 2. The van der Waals surface area contributed by atoms with Crippen LogP contribution in [0.15, 0.2) is 47.5 Å². The van der Waals surface area contributed by atoms with Crippen molar-refractivity contribution in [3.8, 4) is 11.5 Å². The molecule has 11 heteroatoms. The molecule has 0 radical (unpaired) electrons. The zero-order chi connectivity index (χ0) is 22.7. The number of carbonyl (C=O) groups excluding carboxylic acids is 2. The highest BCUT2D eigenvalue weighted by molar-refractivity contribution is 8.14. The molecule has 2 aliphatic rings. The SMILES string of the molecule is COc1ccc(N2C(=O)C3CNNC3N=C2SCC(=O)Nc2ccccc2OC)cc1Cl. The van der Waals surface area contributed by atoms with E-state index >= 15 is 0 Å². The molecule has 0 aromatic heterocycles. The number of fused-ring (bicyclic) bond motifs is 1. The van der Waals surface area contributed by atoms with Gasteiger partial charge in [0.1, 0.15) is 17.7 Å². The maximum absolute atomic E-state index is 13.3. The smallest absolute Gasteiger partial charge is 0.241 e. The van der Waals surface area contributed by atoms with Gasteiger partial charge in [-0.15, -0.1) is 0 Å². The molecule has 2 unspecified atom stereocenters. The number of benzene rings is 2. The van der Waals surface area contributed by atoms with Crippen LogP contribution in [0.2, 0.25) is 5.02 Å². The molecule has 0 spiro atoms. The Bertz CT molecular complexity index is 1070. The van der Waals surface area contributed by atoms with Gasteiger partial charge in [0.25, 0.3) is 0 Å². The molecule has 2 aliphatic heterocycles. The zero-order valence-electron chi connectivity index (χ0n) is 17.4. The minimum Gasteiger partial charge on any atom is -0.495 e. The second kappa shape index (κ2) is 9.78. The molecule has 2 heterocycles. The Labute approximate surface area is 194 Å². The second-order valence-electron chi connectivity index (χ2n) is 7.02. The first-order valence-electron chi connectivity index (χ1n) is 9.81. The Hall–Kier alpha value is -2.79. The summed E-state index contributed by atoms with van der Waals surface area (Å²) < 4.78 is 10.5. The molecule has 4 rings (SSSR count). The van der Waals surface area contributed by atoms with Crippen LogP contribution >= 0.6 is 23.4 Å². The molecule has 1 saturated heterocycles. The quantitative estimate of drug-likeness (QED) is 0.589. The lowest BCUT2D eigenvalue weighted by Gasteiger charge is -2.32. The lowest BCUT2D eigenvalue weighted by molar-refractivity contribution is -0.121. The lowest BCUT2D eigenvalue weighted by Crippen LogP contribution is -2.49. The van der Waals surface area contributed by atoms with Crippen LogP contribution in [0.4, 0.5) is 11.4 Å². The monoisotopic (exact) mass is 475 g/mol. The first-order valence-corrected chi connectivity index (χ1v) is 11.2. The standard InChI is InChI=1S/C21H22ClN5O4S/c1-30-16-8-7-12(9-14(16)22)27-20(29)13-10-23-26-19(13)25-21(27)32-11-18(28)24-15-5-3-4-6-17(15)31-2/h3-9,13,19,23,26H,10-11H2,1-2H3,(H,24,28). The first-order chi connectivity index (χ1) is 15.5. The zero-order valence-corrected chi connectivity index (χ0v) is 19.0. The number of ether oxygens (including phenoxy) is 2. The molecule has 3 N–H and O–H groups in total. The molecule has 9 nitrogen and oxygen atoms in total. The fourth-order valence-electron chi connectivity index (χ4n) is 3.47. The number of aliphatic imine (C=N–C) groups is 1. The minimum atomic E-state index is -0.396. The van der Waals surface area contributed by atoms with E-state index in [9.17, 15) is 9.59 Å². The molecule has 32 heavy (non-hydrogen) atoms. The normalized spacial score (nSPS) is 19.9. The maximum Gasteiger partial charge on any atom is 0.241 e. The van der Waals surface area contributed by atoms with Gasteiger partial charge in [-0.25, -0.2) is 10.4 Å². The van der Waals surface area contributed by atoms with Crippen molar-refractivity contribution in [2.45, 2.75) is 6.17 Å². The number of methoxy groups -OCH3 is 2. The van der Waals surface area contributed by atoms with Crippen molar-refractivity contribution in [1.82, 2.24) is 10.9 Å². The van der Waals surface area contributed by atoms with Crippen molar-refractivity contribution in [3.05, 3.63) is 47.5 Å². The van der Waals surface area contributed by atoms with Crippen LogP contribution in [-0.4, -0.2) is 49.7 Å². The van der Waals surface area contributed by atoms with Crippen LogP contribution in [0.25, 0.3) is 0 Å². The van der Waals surface area contributed by atoms with E-state index in [0.29, 0.717) is 39.6 Å². The van der Waals surface area contributed by atoms with Gasteiger partial charge in [-0.1, -0.05) is 35.5 Å². The van der Waals surface area contributed by atoms with Crippen molar-refractivity contribution >= 4 is 51.7 Å². The minimum absolute atomic E-state index is 0.0510. The Morgan fingerprint density at radius 1 is 1.25 bits per heavy atom. The first kappa shape index (κ1) is 22.4. The fraction of sp³-hybridized carbons (Fsp3) is 0.286. The van der Waals surface area contributed by atoms with Crippen molar-refractivity contribution in [3.63, 3.8) is 0 Å². The van der Waals surface area contributed by atoms with E-state index in [1.165, 1.54) is 23.8 Å². The number of halogens is 1. The highest BCUT2D eigenvalue weighted by Gasteiger charge is 2.42. The number of amidine groups is 1. The maximum atomic E-state index is 13.3. The van der Waals surface area contributed by atoms with Crippen molar-refractivity contribution in [2.75, 3.05) is 36.7 Å². The Morgan fingerprint density at radius 3 is 2.78 bits per heavy atom. The number of thioether (sulfide) groups is 1. The van der Waals surface area contributed by atoms with Crippen LogP contribution in [0.3, 0.4) is 0 Å². The Kier molecular flexibility index (Phi) is 6.85. The molecule has 2 atom stereocenters. The largest absolute Gasteiger partial charge is 0.495 e.